The number of rotatable bonds is 10. The largest absolute Gasteiger partial charge is 0.416 e. The Balaban J connectivity index is 0.000000287. The molecule has 2 aromatic carbocycles. The summed E-state index contributed by atoms with van der Waals surface area (Å²) in [6.45, 7) is 2.66. The first-order chi connectivity index (χ1) is 29.9. The van der Waals surface area contributed by atoms with Crippen LogP contribution in [0.3, 0.4) is 0 Å². The number of carbonyl (C=O) groups is 1. The number of aromatic nitrogens is 2. The van der Waals surface area contributed by atoms with Crippen molar-refractivity contribution in [2.75, 3.05) is 44.0 Å². The fraction of sp³-hybridized carbons (Fsp3) is 0.300. The molecule has 0 bridgehead atoms. The van der Waals surface area contributed by atoms with Gasteiger partial charge in [-0.1, -0.05) is 35.4 Å². The lowest BCUT2D eigenvalue weighted by atomic mass is 10.0. The van der Waals surface area contributed by atoms with E-state index in [0.717, 1.165) is 90.8 Å². The van der Waals surface area contributed by atoms with Gasteiger partial charge in [0.15, 0.2) is 0 Å². The van der Waals surface area contributed by atoms with E-state index in [0.29, 0.717) is 34.3 Å². The van der Waals surface area contributed by atoms with Crippen LogP contribution in [-0.4, -0.2) is 82.5 Å². The van der Waals surface area contributed by atoms with Crippen molar-refractivity contribution < 1.29 is 52.8 Å². The number of nitrogens with one attached hydrogen (secondary N) is 4. The molecule has 0 fully saturated rings. The molecule has 352 valence electrons. The molecule has 0 atom stereocenters. The second-order valence-electron chi connectivity index (χ2n) is 13.9. The summed E-state index contributed by atoms with van der Waals surface area (Å²) in [4.78, 5) is 35.5. The molecular formula is C40H41Cl3F6N8O6S2. The zero-order valence-electron chi connectivity index (χ0n) is 34.2. The van der Waals surface area contributed by atoms with E-state index < -0.39 is 49.6 Å². The fourth-order valence-corrected chi connectivity index (χ4v) is 7.16. The van der Waals surface area contributed by atoms with Crippen molar-refractivity contribution in [3.63, 3.8) is 0 Å². The van der Waals surface area contributed by atoms with Gasteiger partial charge in [0.1, 0.15) is 0 Å². The Kier molecular flexibility index (Phi) is 20.1. The minimum absolute atomic E-state index is 0. The number of urea groups is 1. The minimum Gasteiger partial charge on any atom is -0.320 e. The number of hydrogen-bond acceptors (Lipinski definition) is 10. The number of hydrogen-bond donors (Lipinski definition) is 4. The van der Waals surface area contributed by atoms with Crippen LogP contribution in [0.15, 0.2) is 90.2 Å². The van der Waals surface area contributed by atoms with Crippen LogP contribution in [0.4, 0.5) is 42.5 Å². The summed E-state index contributed by atoms with van der Waals surface area (Å²) in [7, 11) is -6.54. The maximum Gasteiger partial charge on any atom is 0.416 e. The molecule has 14 nitrogen and oxygen atoms in total. The Morgan fingerprint density at radius 2 is 1.26 bits per heavy atom. The van der Waals surface area contributed by atoms with Gasteiger partial charge in [-0.2, -0.15) is 31.3 Å². The molecule has 0 radical (unpaired) electrons. The number of sulfonamides is 2. The highest BCUT2D eigenvalue weighted by atomic mass is 35.5. The lowest BCUT2D eigenvalue weighted by Crippen LogP contribution is -2.38. The van der Waals surface area contributed by atoms with E-state index in [-0.39, 0.29) is 43.4 Å². The Morgan fingerprint density at radius 1 is 0.785 bits per heavy atom. The van der Waals surface area contributed by atoms with Gasteiger partial charge in [-0.05, 0) is 102 Å². The lowest BCUT2D eigenvalue weighted by molar-refractivity contribution is -0.138. The molecule has 0 spiro atoms. The summed E-state index contributed by atoms with van der Waals surface area (Å²) < 4.78 is 123. The number of carbonyl (C=O) groups excluding carboxylic acids is 2. The van der Waals surface area contributed by atoms with E-state index in [1.807, 2.05) is 0 Å². The number of isocyanates is 1. The smallest absolute Gasteiger partial charge is 0.320 e. The summed E-state index contributed by atoms with van der Waals surface area (Å²) in [6, 6.07) is 11.1. The van der Waals surface area contributed by atoms with E-state index in [1.165, 1.54) is 29.3 Å². The van der Waals surface area contributed by atoms with Crippen LogP contribution in [0.2, 0.25) is 10.0 Å². The zero-order valence-corrected chi connectivity index (χ0v) is 38.2. The van der Waals surface area contributed by atoms with Gasteiger partial charge in [0.2, 0.25) is 26.1 Å². The van der Waals surface area contributed by atoms with Crippen LogP contribution in [0.5, 0.6) is 0 Å². The Hall–Kier alpha value is -4.90. The van der Waals surface area contributed by atoms with E-state index in [1.54, 1.807) is 24.4 Å². The van der Waals surface area contributed by atoms with Crippen LogP contribution in [0, 0.1) is 0 Å². The van der Waals surface area contributed by atoms with Gasteiger partial charge in [0.05, 0.1) is 50.8 Å². The first-order valence-electron chi connectivity index (χ1n) is 18.7. The van der Waals surface area contributed by atoms with Crippen LogP contribution in [0.25, 0.3) is 11.1 Å². The molecule has 2 amide bonds. The van der Waals surface area contributed by atoms with Crippen LogP contribution in [0.1, 0.15) is 46.5 Å². The Labute approximate surface area is 387 Å². The van der Waals surface area contributed by atoms with Gasteiger partial charge >= 0.3 is 18.4 Å². The second-order valence-corrected chi connectivity index (χ2v) is 18.4. The van der Waals surface area contributed by atoms with Crippen molar-refractivity contribution in [1.29, 1.82) is 0 Å². The molecule has 4 aromatic rings. The highest BCUT2D eigenvalue weighted by molar-refractivity contribution is 7.88. The van der Waals surface area contributed by atoms with Crippen LogP contribution in [-0.2, 0) is 50.3 Å². The molecular weight excluding hydrogens is 973 g/mol. The van der Waals surface area contributed by atoms with Gasteiger partial charge in [0, 0.05) is 50.8 Å². The quantitative estimate of drug-likeness (QED) is 0.0687. The summed E-state index contributed by atoms with van der Waals surface area (Å²) in [6.07, 6.45) is 3.06. The van der Waals surface area contributed by atoms with Crippen molar-refractivity contribution in [1.82, 2.24) is 29.6 Å². The third-order valence-corrected chi connectivity index (χ3v) is 10.8. The monoisotopic (exact) mass is 1010 g/mol. The molecule has 65 heavy (non-hydrogen) atoms. The van der Waals surface area contributed by atoms with Crippen molar-refractivity contribution in [2.24, 2.45) is 4.99 Å². The van der Waals surface area contributed by atoms with E-state index in [4.69, 9.17) is 23.2 Å². The molecule has 4 heterocycles. The number of aliphatic imine (C=N–C) groups is 1. The Morgan fingerprint density at radius 3 is 1.65 bits per heavy atom. The third kappa shape index (κ3) is 18.5. The number of pyridine rings is 2. The standard InChI is InChI=1S/C20H20ClF3N4O3S.C12H16ClN3O2S.C8H4F3NO.ClH/c1-32(30,31)26-12-13-10-17(21)18(25-11-13)14-6-8-28(9-7-14)19(29)27-16-4-2-15(3-5-16)20(22,23)24;1-19(17,18)16-8-9-6-11(13)12(15-7-9)10-2-4-14-5-3-10;9-8(10,11)6-1-3-7(4-2-6)12-5-13;/h2-6,10-11,26H,7-9,12H2,1H3,(H,27,29);2,6-7,14,16H,3-5,8H2,1H3;1-4H;1H. The average Bonchev–Trinajstić information content (AvgIpc) is 3.22. The van der Waals surface area contributed by atoms with Crippen molar-refractivity contribution in [3.05, 3.63) is 129 Å². The van der Waals surface area contributed by atoms with Gasteiger partial charge in [-0.15, -0.1) is 12.4 Å². The maximum atomic E-state index is 12.6. The van der Waals surface area contributed by atoms with Crippen LogP contribution < -0.4 is 20.1 Å². The van der Waals surface area contributed by atoms with Crippen molar-refractivity contribution >= 4 is 90.3 Å². The van der Waals surface area contributed by atoms with Gasteiger partial charge in [-0.25, -0.2) is 35.9 Å². The molecule has 0 aliphatic carbocycles. The van der Waals surface area contributed by atoms with Crippen molar-refractivity contribution in [2.45, 2.75) is 38.3 Å². The molecule has 6 rings (SSSR count). The molecule has 0 unspecified atom stereocenters. The number of benzene rings is 2. The first kappa shape index (κ1) is 54.4. The molecule has 25 heteroatoms. The normalized spacial score (nSPS) is 14.2. The highest BCUT2D eigenvalue weighted by Crippen LogP contribution is 2.32. The molecule has 2 aliphatic heterocycles. The summed E-state index contributed by atoms with van der Waals surface area (Å²) >= 11 is 12.5. The first-order valence-corrected chi connectivity index (χ1v) is 23.2. The van der Waals surface area contributed by atoms with Gasteiger partial charge < -0.3 is 15.5 Å². The number of amides is 2. The third-order valence-electron chi connectivity index (χ3n) is 8.87. The molecule has 0 saturated heterocycles. The van der Waals surface area contributed by atoms with Gasteiger partial charge in [0.25, 0.3) is 0 Å². The number of anilines is 1. The predicted octanol–water partition coefficient (Wildman–Crippen LogP) is 8.38. The Bertz CT molecular complexity index is 2610. The minimum atomic E-state index is -4.44. The SMILES string of the molecule is CS(=O)(=O)NCc1cnc(C2=CCN(C(=O)Nc3ccc(C(F)(F)F)cc3)CC2)c(Cl)c1.CS(=O)(=O)NCc1cnc(C2=CCNCC2)c(Cl)c1.Cl.O=C=Nc1ccc(C(F)(F)F)cc1. The lowest BCUT2D eigenvalue weighted by Gasteiger charge is -2.27. The van der Waals surface area contributed by atoms with Crippen molar-refractivity contribution in [3.8, 4) is 0 Å². The molecule has 0 saturated carbocycles. The topological polar surface area (TPSA) is 192 Å². The number of halogens is 9. The second kappa shape index (κ2) is 24.0. The number of alkyl halides is 6. The summed E-state index contributed by atoms with van der Waals surface area (Å²) in [5.41, 5.74) is 3.53. The summed E-state index contributed by atoms with van der Waals surface area (Å²) in [5.74, 6) is 0. The van der Waals surface area contributed by atoms with E-state index in [9.17, 15) is 52.8 Å². The summed E-state index contributed by atoms with van der Waals surface area (Å²) in [5, 5.41) is 6.73. The van der Waals surface area contributed by atoms with E-state index in [2.05, 4.69) is 41.1 Å². The molecule has 2 aromatic heterocycles. The highest BCUT2D eigenvalue weighted by Gasteiger charge is 2.31. The molecule has 4 N–H and O–H groups in total. The predicted molar refractivity (Wildman–Crippen MR) is 238 cm³/mol. The van der Waals surface area contributed by atoms with Crippen LogP contribution >= 0.6 is 35.6 Å². The number of nitrogens with zero attached hydrogens (tertiary/aromatic N) is 4. The average molecular weight is 1010 g/mol. The maximum absolute atomic E-state index is 12.6. The molecule has 2 aliphatic rings. The zero-order chi connectivity index (χ0) is 47.3. The van der Waals surface area contributed by atoms with E-state index >= 15 is 0 Å². The van der Waals surface area contributed by atoms with Gasteiger partial charge in [-0.3, -0.25) is 9.97 Å². The fourth-order valence-electron chi connectivity index (χ4n) is 5.68.